The average Bonchev–Trinajstić information content (AvgIpc) is 3.43. The average molecular weight is 517 g/mol. The Morgan fingerprint density at radius 2 is 1.21 bits per heavy atom. The van der Waals surface area contributed by atoms with Crippen LogP contribution < -0.4 is 10.3 Å². The molecule has 1 saturated heterocycles. The molecule has 3 aromatic carbocycles. The van der Waals surface area contributed by atoms with Crippen LogP contribution in [0.5, 0.6) is 5.88 Å². The summed E-state index contributed by atoms with van der Waals surface area (Å²) in [6, 6.07) is 33.3. The summed E-state index contributed by atoms with van der Waals surface area (Å²) in [6.07, 6.45) is 1.83. The maximum Gasteiger partial charge on any atom is 0.517 e. The zero-order chi connectivity index (χ0) is 27.3. The fourth-order valence-corrected chi connectivity index (χ4v) is 5.42. The lowest BCUT2D eigenvalue weighted by Crippen LogP contribution is -2.41. The molecule has 6 rings (SSSR count). The Balaban J connectivity index is 1.72. The molecule has 7 heteroatoms. The molecule has 39 heavy (non-hydrogen) atoms. The lowest BCUT2D eigenvalue weighted by Gasteiger charge is -2.37. The Morgan fingerprint density at radius 1 is 0.744 bits per heavy atom. The summed E-state index contributed by atoms with van der Waals surface area (Å²) < 4.78 is 20.7. The highest BCUT2D eigenvalue weighted by atomic mass is 16.7. The molecular weight excluding hydrogens is 485 g/mol. The third kappa shape index (κ3) is 3.96. The summed E-state index contributed by atoms with van der Waals surface area (Å²) in [5.74, 6) is 0.504. The predicted molar refractivity (Wildman–Crippen MR) is 154 cm³/mol. The molecule has 0 aliphatic carbocycles. The smallest absolute Gasteiger partial charge is 0.481 e. The van der Waals surface area contributed by atoms with Crippen molar-refractivity contribution in [1.29, 1.82) is 0 Å². The van der Waals surface area contributed by atoms with Gasteiger partial charge in [0.1, 0.15) is 11.1 Å². The van der Waals surface area contributed by atoms with E-state index in [4.69, 9.17) is 19.1 Å². The summed E-state index contributed by atoms with van der Waals surface area (Å²) in [7, 11) is 0.959. The standard InChI is InChI=1S/C32H32BN3O3/c1-30(2)31(3,4)39-33(38-30)29-26-21-28(37-5)34-22-27(26)36(35-29)32(23-15-9-6-10-16-23,24-17-11-7-12-18-24)25-19-13-8-14-20-25/h6-22H,1-5H3. The van der Waals surface area contributed by atoms with Crippen LogP contribution in [-0.2, 0) is 14.8 Å². The third-order valence-electron chi connectivity index (χ3n) is 8.15. The quantitative estimate of drug-likeness (QED) is 0.218. The third-order valence-corrected chi connectivity index (χ3v) is 8.15. The van der Waals surface area contributed by atoms with Crippen LogP contribution in [0.1, 0.15) is 44.4 Å². The molecule has 0 spiro atoms. The van der Waals surface area contributed by atoms with Gasteiger partial charge in [0.25, 0.3) is 0 Å². The number of hydrogen-bond donors (Lipinski definition) is 0. The lowest BCUT2D eigenvalue weighted by atomic mass is 9.77. The van der Waals surface area contributed by atoms with E-state index in [0.29, 0.717) is 11.5 Å². The van der Waals surface area contributed by atoms with Gasteiger partial charge in [-0.25, -0.2) is 9.67 Å². The van der Waals surface area contributed by atoms with E-state index in [1.54, 1.807) is 7.11 Å². The van der Waals surface area contributed by atoms with E-state index >= 15 is 0 Å². The van der Waals surface area contributed by atoms with E-state index in [9.17, 15) is 0 Å². The van der Waals surface area contributed by atoms with Crippen molar-refractivity contribution >= 4 is 23.6 Å². The number of nitrogens with zero attached hydrogens (tertiary/aromatic N) is 3. The fraction of sp³-hybridized carbons (Fsp3) is 0.250. The van der Waals surface area contributed by atoms with Gasteiger partial charge in [0, 0.05) is 11.5 Å². The number of aromatic nitrogens is 3. The predicted octanol–water partition coefficient (Wildman–Crippen LogP) is 5.58. The largest absolute Gasteiger partial charge is 0.517 e. The molecule has 0 unspecified atom stereocenters. The number of methoxy groups -OCH3 is 1. The van der Waals surface area contributed by atoms with Crippen LogP contribution in [0.15, 0.2) is 103 Å². The number of rotatable bonds is 6. The van der Waals surface area contributed by atoms with Crippen molar-refractivity contribution in [3.63, 3.8) is 0 Å². The van der Waals surface area contributed by atoms with Crippen molar-refractivity contribution in [2.24, 2.45) is 0 Å². The van der Waals surface area contributed by atoms with Crippen molar-refractivity contribution in [3.05, 3.63) is 120 Å². The molecule has 1 aliphatic heterocycles. The molecule has 3 heterocycles. The van der Waals surface area contributed by atoms with Crippen LogP contribution in [0.3, 0.4) is 0 Å². The van der Waals surface area contributed by atoms with Crippen LogP contribution in [-0.4, -0.2) is 40.2 Å². The Labute approximate surface area is 229 Å². The maximum atomic E-state index is 6.52. The Hall–Kier alpha value is -3.94. The fourth-order valence-electron chi connectivity index (χ4n) is 5.42. The number of pyridine rings is 1. The van der Waals surface area contributed by atoms with Gasteiger partial charge in [0.05, 0.1) is 30.0 Å². The van der Waals surface area contributed by atoms with Crippen LogP contribution >= 0.6 is 0 Å². The first kappa shape index (κ1) is 25.3. The second-order valence-corrected chi connectivity index (χ2v) is 10.9. The van der Waals surface area contributed by atoms with Gasteiger partial charge in [0.15, 0.2) is 0 Å². The highest BCUT2D eigenvalue weighted by Crippen LogP contribution is 2.43. The summed E-state index contributed by atoms with van der Waals surface area (Å²) in [6.45, 7) is 8.21. The van der Waals surface area contributed by atoms with Crippen LogP contribution in [0, 0.1) is 0 Å². The summed E-state index contributed by atoms with van der Waals surface area (Å²) in [4.78, 5) is 4.61. The van der Waals surface area contributed by atoms with E-state index in [2.05, 4.69) is 110 Å². The van der Waals surface area contributed by atoms with Gasteiger partial charge < -0.3 is 14.0 Å². The van der Waals surface area contributed by atoms with E-state index in [-0.39, 0.29) is 0 Å². The molecule has 0 atom stereocenters. The minimum Gasteiger partial charge on any atom is -0.481 e. The van der Waals surface area contributed by atoms with Crippen molar-refractivity contribution in [2.75, 3.05) is 7.11 Å². The number of benzene rings is 3. The Kier molecular flexibility index (Phi) is 6.09. The second kappa shape index (κ2) is 9.36. The van der Waals surface area contributed by atoms with Gasteiger partial charge in [-0.15, -0.1) is 0 Å². The van der Waals surface area contributed by atoms with E-state index < -0.39 is 23.9 Å². The van der Waals surface area contributed by atoms with Crippen molar-refractivity contribution in [1.82, 2.24) is 14.8 Å². The molecule has 0 N–H and O–H groups in total. The molecule has 1 fully saturated rings. The van der Waals surface area contributed by atoms with Crippen molar-refractivity contribution in [3.8, 4) is 5.88 Å². The molecule has 0 amide bonds. The Bertz CT molecular complexity index is 1490. The minimum absolute atomic E-state index is 0.504. The number of hydrogen-bond acceptors (Lipinski definition) is 5. The molecule has 5 aromatic rings. The molecular formula is C32H32BN3O3. The van der Waals surface area contributed by atoms with Crippen molar-refractivity contribution in [2.45, 2.75) is 44.4 Å². The van der Waals surface area contributed by atoms with E-state index in [1.807, 2.05) is 30.5 Å². The first-order chi connectivity index (χ1) is 18.8. The second-order valence-electron chi connectivity index (χ2n) is 10.9. The van der Waals surface area contributed by atoms with Gasteiger partial charge in [-0.05, 0) is 44.4 Å². The first-order valence-electron chi connectivity index (χ1n) is 13.2. The highest BCUT2D eigenvalue weighted by Gasteiger charge is 2.54. The lowest BCUT2D eigenvalue weighted by molar-refractivity contribution is 0.00578. The van der Waals surface area contributed by atoms with Gasteiger partial charge in [-0.1, -0.05) is 91.0 Å². The van der Waals surface area contributed by atoms with Crippen LogP contribution in [0.25, 0.3) is 10.9 Å². The van der Waals surface area contributed by atoms with E-state index in [1.165, 1.54) is 0 Å². The molecule has 2 aromatic heterocycles. The molecule has 0 saturated carbocycles. The molecule has 1 aliphatic rings. The molecule has 196 valence electrons. The maximum absolute atomic E-state index is 6.52. The molecule has 0 bridgehead atoms. The number of fused-ring (bicyclic) bond motifs is 1. The Morgan fingerprint density at radius 3 is 1.64 bits per heavy atom. The van der Waals surface area contributed by atoms with E-state index in [0.717, 1.165) is 27.6 Å². The summed E-state index contributed by atoms with van der Waals surface area (Å²) in [5.41, 5.74) is 2.92. The minimum atomic E-state index is -0.805. The number of ether oxygens (including phenoxy) is 1. The van der Waals surface area contributed by atoms with Gasteiger partial charge in [0.2, 0.25) is 5.88 Å². The zero-order valence-corrected chi connectivity index (χ0v) is 23.0. The summed E-state index contributed by atoms with van der Waals surface area (Å²) in [5, 5.41) is 6.22. The first-order valence-corrected chi connectivity index (χ1v) is 13.2. The monoisotopic (exact) mass is 517 g/mol. The van der Waals surface area contributed by atoms with Gasteiger partial charge in [-0.3, -0.25) is 0 Å². The van der Waals surface area contributed by atoms with Crippen LogP contribution in [0.4, 0.5) is 0 Å². The van der Waals surface area contributed by atoms with Gasteiger partial charge >= 0.3 is 7.12 Å². The summed E-state index contributed by atoms with van der Waals surface area (Å²) >= 11 is 0. The zero-order valence-electron chi connectivity index (χ0n) is 23.0. The molecule has 0 radical (unpaired) electrons. The normalized spacial score (nSPS) is 16.5. The highest BCUT2D eigenvalue weighted by molar-refractivity contribution is 6.64. The molecule has 6 nitrogen and oxygen atoms in total. The van der Waals surface area contributed by atoms with Crippen LogP contribution in [0.2, 0.25) is 0 Å². The SMILES string of the molecule is COc1cc2c(B3OC(C)(C)C(C)(C)O3)nn(C(c3ccccc3)(c3ccccc3)c3ccccc3)c2cn1. The topological polar surface area (TPSA) is 58.4 Å². The van der Waals surface area contributed by atoms with Gasteiger partial charge in [-0.2, -0.15) is 5.10 Å². The van der Waals surface area contributed by atoms with Crippen molar-refractivity contribution < 1.29 is 14.0 Å².